The third kappa shape index (κ3) is 2.37. The lowest BCUT2D eigenvalue weighted by Crippen LogP contribution is -2.33. The Morgan fingerprint density at radius 3 is 2.60 bits per heavy atom. The first kappa shape index (κ1) is 14.0. The molecule has 0 spiro atoms. The predicted molar refractivity (Wildman–Crippen MR) is 87.4 cm³/mol. The Morgan fingerprint density at radius 1 is 1.25 bits per heavy atom. The van der Waals surface area contributed by atoms with Gasteiger partial charge in [-0.2, -0.15) is 5.10 Å². The van der Waals surface area contributed by atoms with Gasteiger partial charge in [-0.15, -0.1) is 0 Å². The van der Waals surface area contributed by atoms with Crippen LogP contribution in [0.3, 0.4) is 0 Å². The molecule has 2 N–H and O–H groups in total. The SMILES string of the molecule is CN(C)[C@H]1CC[C@@H](n2nc(I)c3c(N)ncnc32)CC1. The van der Waals surface area contributed by atoms with Gasteiger partial charge < -0.3 is 10.6 Å². The van der Waals surface area contributed by atoms with Crippen LogP contribution in [0, 0.1) is 3.70 Å². The molecule has 7 heteroatoms. The second-order valence-electron chi connectivity index (χ2n) is 5.62. The molecule has 0 radical (unpaired) electrons. The zero-order valence-corrected chi connectivity index (χ0v) is 13.9. The number of nitrogens with zero attached hydrogens (tertiary/aromatic N) is 5. The zero-order valence-electron chi connectivity index (χ0n) is 11.8. The molecule has 1 fully saturated rings. The largest absolute Gasteiger partial charge is 0.383 e. The highest BCUT2D eigenvalue weighted by Crippen LogP contribution is 2.33. The molecule has 1 aliphatic rings. The van der Waals surface area contributed by atoms with Gasteiger partial charge in [-0.1, -0.05) is 0 Å². The van der Waals surface area contributed by atoms with Crippen LogP contribution >= 0.6 is 22.6 Å². The van der Waals surface area contributed by atoms with Crippen LogP contribution in [-0.2, 0) is 0 Å². The van der Waals surface area contributed by atoms with E-state index in [1.165, 1.54) is 19.2 Å². The molecular weight excluding hydrogens is 367 g/mol. The fourth-order valence-corrected chi connectivity index (χ4v) is 3.78. The molecule has 6 nitrogen and oxygen atoms in total. The fourth-order valence-electron chi connectivity index (χ4n) is 3.03. The molecule has 0 unspecified atom stereocenters. The zero-order chi connectivity index (χ0) is 14.3. The van der Waals surface area contributed by atoms with Crippen molar-refractivity contribution >= 4 is 39.4 Å². The van der Waals surface area contributed by atoms with E-state index in [4.69, 9.17) is 5.73 Å². The molecule has 0 bridgehead atoms. The first-order valence-electron chi connectivity index (χ1n) is 6.88. The minimum Gasteiger partial charge on any atom is -0.383 e. The first-order valence-corrected chi connectivity index (χ1v) is 7.96. The Labute approximate surface area is 131 Å². The van der Waals surface area contributed by atoms with Crippen LogP contribution in [0.15, 0.2) is 6.33 Å². The van der Waals surface area contributed by atoms with Crippen molar-refractivity contribution in [3.05, 3.63) is 10.0 Å². The summed E-state index contributed by atoms with van der Waals surface area (Å²) in [5, 5.41) is 5.54. The summed E-state index contributed by atoms with van der Waals surface area (Å²) in [5.41, 5.74) is 6.82. The number of hydrogen-bond acceptors (Lipinski definition) is 5. The Hall–Kier alpha value is -0.960. The summed E-state index contributed by atoms with van der Waals surface area (Å²) in [5.74, 6) is 0.521. The quantitative estimate of drug-likeness (QED) is 0.800. The van der Waals surface area contributed by atoms with Crippen LogP contribution in [0.25, 0.3) is 11.0 Å². The number of fused-ring (bicyclic) bond motifs is 1. The van der Waals surface area contributed by atoms with E-state index in [0.29, 0.717) is 17.9 Å². The third-order valence-electron chi connectivity index (χ3n) is 4.22. The summed E-state index contributed by atoms with van der Waals surface area (Å²) in [6.07, 6.45) is 6.21. The molecule has 0 amide bonds. The molecule has 1 aliphatic carbocycles. The van der Waals surface area contributed by atoms with Crippen LogP contribution in [0.1, 0.15) is 31.7 Å². The van der Waals surface area contributed by atoms with Gasteiger partial charge in [-0.25, -0.2) is 14.6 Å². The Bertz CT molecular complexity index is 615. The van der Waals surface area contributed by atoms with E-state index in [1.54, 1.807) is 0 Å². The van der Waals surface area contributed by atoms with Crippen molar-refractivity contribution in [3.63, 3.8) is 0 Å². The lowest BCUT2D eigenvalue weighted by Gasteiger charge is -2.32. The van der Waals surface area contributed by atoms with Gasteiger partial charge in [0.2, 0.25) is 0 Å². The van der Waals surface area contributed by atoms with E-state index in [-0.39, 0.29) is 0 Å². The summed E-state index contributed by atoms with van der Waals surface area (Å²) in [4.78, 5) is 10.8. The average Bonchev–Trinajstić information content (AvgIpc) is 2.77. The number of rotatable bonds is 2. The molecular formula is C13H19IN6. The summed E-state index contributed by atoms with van der Waals surface area (Å²) in [6, 6.07) is 1.11. The van der Waals surface area contributed by atoms with Crippen LogP contribution in [0.5, 0.6) is 0 Å². The molecule has 20 heavy (non-hydrogen) atoms. The molecule has 1 saturated carbocycles. The van der Waals surface area contributed by atoms with Crippen molar-refractivity contribution < 1.29 is 0 Å². The highest BCUT2D eigenvalue weighted by molar-refractivity contribution is 14.1. The van der Waals surface area contributed by atoms with Crippen LogP contribution in [0.4, 0.5) is 5.82 Å². The van der Waals surface area contributed by atoms with Crippen molar-refractivity contribution in [2.75, 3.05) is 19.8 Å². The first-order chi connectivity index (χ1) is 9.58. The van der Waals surface area contributed by atoms with Gasteiger partial charge >= 0.3 is 0 Å². The molecule has 0 saturated heterocycles. The smallest absolute Gasteiger partial charge is 0.164 e. The maximum atomic E-state index is 5.95. The van der Waals surface area contributed by atoms with E-state index < -0.39 is 0 Å². The summed E-state index contributed by atoms with van der Waals surface area (Å²) >= 11 is 2.22. The van der Waals surface area contributed by atoms with Gasteiger partial charge in [-0.3, -0.25) is 0 Å². The summed E-state index contributed by atoms with van der Waals surface area (Å²) in [6.45, 7) is 0. The Balaban J connectivity index is 1.91. The maximum Gasteiger partial charge on any atom is 0.164 e. The number of nitrogen functional groups attached to an aromatic ring is 1. The van der Waals surface area contributed by atoms with Gasteiger partial charge in [0.05, 0.1) is 11.4 Å². The molecule has 0 aliphatic heterocycles. The van der Waals surface area contributed by atoms with E-state index in [2.05, 4.69) is 61.3 Å². The lowest BCUT2D eigenvalue weighted by molar-refractivity contribution is 0.191. The van der Waals surface area contributed by atoms with Gasteiger partial charge in [0.25, 0.3) is 0 Å². The van der Waals surface area contributed by atoms with E-state index >= 15 is 0 Å². The van der Waals surface area contributed by atoms with Gasteiger partial charge in [0, 0.05) is 6.04 Å². The Morgan fingerprint density at radius 2 is 1.95 bits per heavy atom. The van der Waals surface area contributed by atoms with Crippen molar-refractivity contribution in [3.8, 4) is 0 Å². The van der Waals surface area contributed by atoms with E-state index in [9.17, 15) is 0 Å². The highest BCUT2D eigenvalue weighted by Gasteiger charge is 2.26. The number of nitrogens with two attached hydrogens (primary N) is 1. The monoisotopic (exact) mass is 386 g/mol. The van der Waals surface area contributed by atoms with Crippen LogP contribution in [0.2, 0.25) is 0 Å². The number of hydrogen-bond donors (Lipinski definition) is 1. The van der Waals surface area contributed by atoms with Crippen LogP contribution in [-0.4, -0.2) is 44.8 Å². The van der Waals surface area contributed by atoms with Crippen molar-refractivity contribution in [1.82, 2.24) is 24.6 Å². The fraction of sp³-hybridized carbons (Fsp3) is 0.615. The maximum absolute atomic E-state index is 5.95. The molecule has 3 rings (SSSR count). The van der Waals surface area contributed by atoms with E-state index in [1.807, 2.05) is 0 Å². The van der Waals surface area contributed by atoms with Crippen molar-refractivity contribution in [2.24, 2.45) is 0 Å². The average molecular weight is 386 g/mol. The topological polar surface area (TPSA) is 72.9 Å². The van der Waals surface area contributed by atoms with Crippen LogP contribution < -0.4 is 5.73 Å². The minimum absolute atomic E-state index is 0.423. The van der Waals surface area contributed by atoms with Gasteiger partial charge in [0.1, 0.15) is 15.8 Å². The van der Waals surface area contributed by atoms with Crippen molar-refractivity contribution in [1.29, 1.82) is 0 Å². The molecule has 2 heterocycles. The number of halogens is 1. The summed E-state index contributed by atoms with van der Waals surface area (Å²) < 4.78 is 2.95. The molecule has 2 aromatic heterocycles. The predicted octanol–water partition coefficient (Wildman–Crippen LogP) is 2.06. The van der Waals surface area contributed by atoms with Gasteiger partial charge in [0.15, 0.2) is 5.65 Å². The third-order valence-corrected chi connectivity index (χ3v) is 4.97. The second-order valence-corrected chi connectivity index (χ2v) is 6.64. The number of anilines is 1. The van der Waals surface area contributed by atoms with Gasteiger partial charge in [-0.05, 0) is 62.4 Å². The molecule has 2 aromatic rings. The standard InChI is InChI=1S/C13H19IN6/c1-19(2)8-3-5-9(6-4-8)20-13-10(11(14)18-20)12(15)16-7-17-13/h7-9H,3-6H2,1-2H3,(H2,15,16,17)/t8-,9+. The molecule has 0 aromatic carbocycles. The molecule has 108 valence electrons. The summed E-state index contributed by atoms with van der Waals surface area (Å²) in [7, 11) is 4.32. The lowest BCUT2D eigenvalue weighted by atomic mass is 9.90. The normalized spacial score (nSPS) is 23.6. The Kier molecular flexibility index (Phi) is 3.80. The number of aromatic nitrogens is 4. The van der Waals surface area contributed by atoms with E-state index in [0.717, 1.165) is 27.6 Å². The second kappa shape index (κ2) is 5.44. The minimum atomic E-state index is 0.423. The highest BCUT2D eigenvalue weighted by atomic mass is 127. The molecule has 0 atom stereocenters. The van der Waals surface area contributed by atoms with Crippen molar-refractivity contribution in [2.45, 2.75) is 37.8 Å².